The van der Waals surface area contributed by atoms with E-state index in [1.54, 1.807) is 26.8 Å². The number of rotatable bonds is 4. The van der Waals surface area contributed by atoms with Crippen LogP contribution in [0.4, 0.5) is 4.79 Å². The van der Waals surface area contributed by atoms with Gasteiger partial charge in [0.2, 0.25) is 0 Å². The van der Waals surface area contributed by atoms with Crippen molar-refractivity contribution in [3.63, 3.8) is 0 Å². The van der Waals surface area contributed by atoms with E-state index in [-0.39, 0.29) is 6.07 Å². The van der Waals surface area contributed by atoms with Crippen molar-refractivity contribution in [1.29, 1.82) is 0 Å². The van der Waals surface area contributed by atoms with Gasteiger partial charge in [-0.3, -0.25) is 4.90 Å². The van der Waals surface area contributed by atoms with Gasteiger partial charge in [0.05, 0.1) is 0 Å². The average Bonchev–Trinajstić information content (AvgIpc) is 2.72. The molecule has 114 valence electrons. The first-order chi connectivity index (χ1) is 9.27. The van der Waals surface area contributed by atoms with Crippen molar-refractivity contribution in [2.75, 3.05) is 12.6 Å². The van der Waals surface area contributed by atoms with E-state index >= 15 is 0 Å². The maximum Gasteiger partial charge on any atom is 0.411 e. The summed E-state index contributed by atoms with van der Waals surface area (Å²) in [6.45, 7) is 9.47. The number of carbonyl (C=O) groups is 2. The topological polar surface area (TPSA) is 55.8 Å². The number of esters is 1. The van der Waals surface area contributed by atoms with Crippen LogP contribution in [0.3, 0.4) is 0 Å². The molecule has 0 aromatic heterocycles. The van der Waals surface area contributed by atoms with Gasteiger partial charge in [0.15, 0.2) is 6.07 Å². The standard InChI is InChI=1S/C14H22ClNO4/c1-5-7-14(11(17)19-10-15)8-6-9-16(14)12(18)20-13(2,3)4/h5H,1,6-10H2,2-4H3. The maximum absolute atomic E-state index is 12.3. The molecule has 6 heteroatoms. The van der Waals surface area contributed by atoms with Crippen LogP contribution in [0.25, 0.3) is 0 Å². The largest absolute Gasteiger partial charge is 0.448 e. The molecular formula is C14H22ClNO4. The third-order valence-corrected chi connectivity index (χ3v) is 3.26. The van der Waals surface area contributed by atoms with Crippen LogP contribution in [0.5, 0.6) is 0 Å². The lowest BCUT2D eigenvalue weighted by atomic mass is 9.92. The third kappa shape index (κ3) is 3.66. The maximum atomic E-state index is 12.3. The summed E-state index contributed by atoms with van der Waals surface area (Å²) in [5.41, 5.74) is -1.66. The molecule has 1 unspecified atom stereocenters. The zero-order valence-corrected chi connectivity index (χ0v) is 13.0. The second kappa shape index (κ2) is 6.48. The van der Waals surface area contributed by atoms with Gasteiger partial charge < -0.3 is 9.47 Å². The highest BCUT2D eigenvalue weighted by molar-refractivity contribution is 6.17. The number of ether oxygens (including phenoxy) is 2. The molecule has 1 saturated heterocycles. The molecule has 1 fully saturated rings. The Bertz CT molecular complexity index is 391. The molecule has 1 heterocycles. The Labute approximate surface area is 124 Å². The van der Waals surface area contributed by atoms with E-state index in [0.717, 1.165) is 0 Å². The normalized spacial score (nSPS) is 22.5. The Morgan fingerprint density at radius 1 is 1.45 bits per heavy atom. The number of amides is 1. The minimum atomic E-state index is -1.04. The quantitative estimate of drug-likeness (QED) is 0.455. The molecule has 5 nitrogen and oxygen atoms in total. The van der Waals surface area contributed by atoms with Crippen LogP contribution >= 0.6 is 11.6 Å². The summed E-state index contributed by atoms with van der Waals surface area (Å²) in [7, 11) is 0. The fourth-order valence-corrected chi connectivity index (χ4v) is 2.49. The fraction of sp³-hybridized carbons (Fsp3) is 0.714. The number of nitrogens with zero attached hydrogens (tertiary/aromatic N) is 1. The lowest BCUT2D eigenvalue weighted by Gasteiger charge is -2.36. The SMILES string of the molecule is C=CCC1(C(=O)OCCl)CCCN1C(=O)OC(C)(C)C. The summed E-state index contributed by atoms with van der Waals surface area (Å²) in [6.07, 6.45) is 2.65. The number of likely N-dealkylation sites (tertiary alicyclic amines) is 1. The molecule has 0 aromatic carbocycles. The molecule has 0 spiro atoms. The molecule has 1 aliphatic heterocycles. The third-order valence-electron chi connectivity index (χ3n) is 3.15. The molecule has 0 aromatic rings. The van der Waals surface area contributed by atoms with Crippen molar-refractivity contribution in [2.24, 2.45) is 0 Å². The van der Waals surface area contributed by atoms with Gasteiger partial charge in [-0.15, -0.1) is 6.58 Å². The molecule has 0 aliphatic carbocycles. The summed E-state index contributed by atoms with van der Waals surface area (Å²) in [5, 5.41) is 0. The van der Waals surface area contributed by atoms with Crippen molar-refractivity contribution < 1.29 is 19.1 Å². The van der Waals surface area contributed by atoms with Crippen LogP contribution in [0.1, 0.15) is 40.0 Å². The molecule has 1 rings (SSSR count). The molecule has 0 N–H and O–H groups in total. The smallest absolute Gasteiger partial charge is 0.411 e. The monoisotopic (exact) mass is 303 g/mol. The minimum absolute atomic E-state index is 0.236. The summed E-state index contributed by atoms with van der Waals surface area (Å²) in [6, 6.07) is -0.236. The van der Waals surface area contributed by atoms with Crippen molar-refractivity contribution in [1.82, 2.24) is 4.90 Å². The van der Waals surface area contributed by atoms with Gasteiger partial charge >= 0.3 is 12.1 Å². The van der Waals surface area contributed by atoms with Crippen LogP contribution in [0.2, 0.25) is 0 Å². The highest BCUT2D eigenvalue weighted by atomic mass is 35.5. The fourth-order valence-electron chi connectivity index (χ4n) is 2.39. The van der Waals surface area contributed by atoms with Gasteiger partial charge in [0, 0.05) is 6.54 Å². The Balaban J connectivity index is 3.00. The first-order valence-electron chi connectivity index (χ1n) is 6.61. The lowest BCUT2D eigenvalue weighted by molar-refractivity contribution is -0.154. The second-order valence-corrected chi connectivity index (χ2v) is 6.02. The lowest BCUT2D eigenvalue weighted by Crippen LogP contribution is -2.54. The first kappa shape index (κ1) is 16.8. The molecule has 1 aliphatic rings. The molecule has 0 bridgehead atoms. The molecule has 1 amide bonds. The number of hydrogen-bond donors (Lipinski definition) is 0. The Kier molecular flexibility index (Phi) is 5.45. The highest BCUT2D eigenvalue weighted by Gasteiger charge is 2.51. The summed E-state index contributed by atoms with van der Waals surface area (Å²) in [4.78, 5) is 26.0. The van der Waals surface area contributed by atoms with E-state index in [1.165, 1.54) is 4.90 Å². The average molecular weight is 304 g/mol. The predicted octanol–water partition coefficient (Wildman–Crippen LogP) is 3.07. The minimum Gasteiger partial charge on any atom is -0.448 e. The van der Waals surface area contributed by atoms with Gasteiger partial charge in [0.25, 0.3) is 0 Å². The van der Waals surface area contributed by atoms with E-state index in [9.17, 15) is 9.59 Å². The van der Waals surface area contributed by atoms with E-state index in [0.29, 0.717) is 25.8 Å². The molecule has 0 saturated carbocycles. The Hall–Kier alpha value is -1.23. The Morgan fingerprint density at radius 2 is 2.10 bits per heavy atom. The van der Waals surface area contributed by atoms with Crippen molar-refractivity contribution in [2.45, 2.75) is 51.2 Å². The van der Waals surface area contributed by atoms with E-state index < -0.39 is 23.2 Å². The Morgan fingerprint density at radius 3 is 2.60 bits per heavy atom. The first-order valence-corrected chi connectivity index (χ1v) is 7.15. The molecule has 20 heavy (non-hydrogen) atoms. The molecule has 1 atom stereocenters. The van der Waals surface area contributed by atoms with Crippen LogP contribution in [0.15, 0.2) is 12.7 Å². The van der Waals surface area contributed by atoms with Gasteiger partial charge in [0.1, 0.15) is 11.1 Å². The van der Waals surface area contributed by atoms with E-state index in [2.05, 4.69) is 6.58 Å². The number of carbonyl (C=O) groups excluding carboxylic acids is 2. The van der Waals surface area contributed by atoms with Crippen molar-refractivity contribution >= 4 is 23.7 Å². The molecule has 0 radical (unpaired) electrons. The highest BCUT2D eigenvalue weighted by Crippen LogP contribution is 2.35. The van der Waals surface area contributed by atoms with E-state index in [1.807, 2.05) is 0 Å². The van der Waals surface area contributed by atoms with Gasteiger partial charge in [-0.25, -0.2) is 9.59 Å². The second-order valence-electron chi connectivity index (χ2n) is 5.80. The van der Waals surface area contributed by atoms with Crippen molar-refractivity contribution in [3.8, 4) is 0 Å². The van der Waals surface area contributed by atoms with Crippen molar-refractivity contribution in [3.05, 3.63) is 12.7 Å². The van der Waals surface area contributed by atoms with Gasteiger partial charge in [-0.1, -0.05) is 17.7 Å². The number of hydrogen-bond acceptors (Lipinski definition) is 4. The van der Waals surface area contributed by atoms with Crippen LogP contribution < -0.4 is 0 Å². The number of alkyl halides is 1. The molecular weight excluding hydrogens is 282 g/mol. The zero-order chi connectivity index (χ0) is 15.4. The van der Waals surface area contributed by atoms with Crippen LogP contribution in [-0.4, -0.2) is 40.7 Å². The summed E-state index contributed by atoms with van der Waals surface area (Å²) < 4.78 is 10.3. The number of halogens is 1. The van der Waals surface area contributed by atoms with Gasteiger partial charge in [-0.05, 0) is 40.0 Å². The summed E-state index contributed by atoms with van der Waals surface area (Å²) >= 11 is 5.47. The summed E-state index contributed by atoms with van der Waals surface area (Å²) in [5.74, 6) is -0.504. The van der Waals surface area contributed by atoms with Crippen LogP contribution in [0, 0.1) is 0 Å². The van der Waals surface area contributed by atoms with E-state index in [4.69, 9.17) is 21.1 Å². The van der Waals surface area contributed by atoms with Crippen LogP contribution in [-0.2, 0) is 14.3 Å². The predicted molar refractivity (Wildman–Crippen MR) is 76.5 cm³/mol. The van der Waals surface area contributed by atoms with Gasteiger partial charge in [-0.2, -0.15) is 0 Å². The zero-order valence-electron chi connectivity index (χ0n) is 12.3.